The van der Waals surface area contributed by atoms with Crippen LogP contribution in [0.3, 0.4) is 0 Å². The quantitative estimate of drug-likeness (QED) is 0.149. The Morgan fingerprint density at radius 3 is 0.914 bits per heavy atom. The lowest BCUT2D eigenvalue weighted by Crippen LogP contribution is -2.44. The van der Waals surface area contributed by atoms with Crippen molar-refractivity contribution in [3.05, 3.63) is 0 Å². The number of alkyl halides is 7. The second kappa shape index (κ2) is 46.9. The van der Waals surface area contributed by atoms with Crippen molar-refractivity contribution in [2.24, 2.45) is 41.4 Å². The normalized spacial score (nSPS) is 31.3. The highest BCUT2D eigenvalue weighted by atomic mass is 19.4. The number of nitrogens with zero attached hydrogens (tertiary/aromatic N) is 13. The van der Waals surface area contributed by atoms with Crippen LogP contribution in [0.15, 0.2) is 0 Å². The Labute approximate surface area is 637 Å². The average molecular weight is 1500 g/mol. The summed E-state index contributed by atoms with van der Waals surface area (Å²) in [6.45, 7) is 30.6. The number of rotatable bonds is 16. The molecule has 0 amide bonds. The van der Waals surface area contributed by atoms with Crippen molar-refractivity contribution >= 4 is 0 Å². The van der Waals surface area contributed by atoms with Gasteiger partial charge in [0.05, 0.1) is 19.6 Å². The minimum atomic E-state index is -4.05. The third-order valence-corrected chi connectivity index (χ3v) is 28.3. The van der Waals surface area contributed by atoms with Gasteiger partial charge in [-0.3, -0.25) is 19.6 Å². The van der Waals surface area contributed by atoms with E-state index in [0.29, 0.717) is 37.0 Å². The standard InChI is InChI=1S/C13H23F3N2.C13H26N2O.C12H21F3N2.C12H23FN2.C12H24N2.C11H22N2.C10H20N2/c1-17-8-4-11(5-9-17)12-3-2-7-18(12)10-6-13(14,15)16;1-14-8-5-12(6-9-14)13-4-3-7-15(13)10-11-16-2;1-16-7-4-10(5-8-16)11-3-2-6-17(11)9-12(13,14)15;1-14-8-4-11(5-9-14)12-3-2-7-15(12)10-6-13;1-3-14-8-4-5-12(14)11-6-9-13(2)10-7-11;1-12-8-5-10(6-9-12)11-4-3-7-13(11)2;1-12-7-4-9(5-8-12)10-3-2-6-11-10/h11-12H,2-10H2,1H3;12-13H,3-11H2,1-2H3;10-11H,2-9H2,1H3;11-12H,2-10H2,1H3;11-12H,3-10H2,1-2H3;10-11H,3-9H2,1-2H3;9-11H,2-8H2,1H3/t12-;13-;11-;2*12-;;/m00000../s1. The molecule has 0 saturated carbocycles. The Morgan fingerprint density at radius 1 is 0.314 bits per heavy atom. The number of ether oxygens (including phenoxy) is 1. The third-order valence-electron chi connectivity index (χ3n) is 28.3. The maximum atomic E-state index is 12.5. The molecule has 0 bridgehead atoms. The second-order valence-corrected chi connectivity index (χ2v) is 35.8. The summed E-state index contributed by atoms with van der Waals surface area (Å²) >= 11 is 0. The van der Waals surface area contributed by atoms with E-state index in [1.807, 2.05) is 0 Å². The number of hydrogen-bond acceptors (Lipinski definition) is 15. The predicted octanol–water partition coefficient (Wildman–Crippen LogP) is 12.6. The molecule has 0 aromatic rings. The number of piperidine rings is 7. The van der Waals surface area contributed by atoms with E-state index in [4.69, 9.17) is 4.74 Å². The first kappa shape index (κ1) is 89.5. The zero-order valence-electron chi connectivity index (χ0n) is 68.8. The largest absolute Gasteiger partial charge is 0.401 e. The lowest BCUT2D eigenvalue weighted by Gasteiger charge is -2.37. The van der Waals surface area contributed by atoms with E-state index in [1.165, 1.54) is 227 Å². The second-order valence-electron chi connectivity index (χ2n) is 35.8. The van der Waals surface area contributed by atoms with Crippen molar-refractivity contribution in [3.8, 4) is 0 Å². The van der Waals surface area contributed by atoms with Crippen molar-refractivity contribution in [2.45, 2.75) is 248 Å². The van der Waals surface area contributed by atoms with E-state index in [-0.39, 0.29) is 19.3 Å². The van der Waals surface area contributed by atoms with Crippen molar-refractivity contribution in [1.82, 2.24) is 69.0 Å². The molecule has 1 N–H and O–H groups in total. The summed E-state index contributed by atoms with van der Waals surface area (Å²) in [4.78, 5) is 30.9. The Balaban J connectivity index is 0.000000155. The van der Waals surface area contributed by atoms with Gasteiger partial charge in [-0.25, -0.2) is 4.39 Å². The molecule has 0 aromatic carbocycles. The van der Waals surface area contributed by atoms with Crippen LogP contribution in [0.2, 0.25) is 0 Å². The van der Waals surface area contributed by atoms with Gasteiger partial charge in [-0.15, -0.1) is 0 Å². The highest BCUT2D eigenvalue weighted by molar-refractivity contribution is 4.94. The van der Waals surface area contributed by atoms with Gasteiger partial charge in [-0.1, -0.05) is 6.92 Å². The highest BCUT2D eigenvalue weighted by Gasteiger charge is 2.42. The zero-order chi connectivity index (χ0) is 75.3. The maximum Gasteiger partial charge on any atom is 0.401 e. The van der Waals surface area contributed by atoms with Gasteiger partial charge in [0.2, 0.25) is 0 Å². The summed E-state index contributed by atoms with van der Waals surface area (Å²) in [6.07, 6.45) is 27.6. The summed E-state index contributed by atoms with van der Waals surface area (Å²) in [5, 5.41) is 3.62. The van der Waals surface area contributed by atoms with E-state index in [2.05, 4.69) is 127 Å². The maximum absolute atomic E-state index is 12.5. The average Bonchev–Trinajstić information content (AvgIpc) is 1.74. The summed E-state index contributed by atoms with van der Waals surface area (Å²) in [5.41, 5.74) is 0. The van der Waals surface area contributed by atoms with Crippen LogP contribution in [0, 0.1) is 41.4 Å². The molecule has 15 nitrogen and oxygen atoms in total. The van der Waals surface area contributed by atoms with Crippen LogP contribution in [-0.4, -0.2) is 365 Å². The first-order valence-corrected chi connectivity index (χ1v) is 43.6. The van der Waals surface area contributed by atoms with Gasteiger partial charge in [0, 0.05) is 69.0 Å². The van der Waals surface area contributed by atoms with Gasteiger partial charge in [0.15, 0.2) is 0 Å². The van der Waals surface area contributed by atoms with E-state index in [0.717, 1.165) is 158 Å². The van der Waals surface area contributed by atoms with Crippen molar-refractivity contribution < 1.29 is 35.5 Å². The predicted molar refractivity (Wildman–Crippen MR) is 421 cm³/mol. The van der Waals surface area contributed by atoms with Crippen molar-refractivity contribution in [1.29, 1.82) is 0 Å². The lowest BCUT2D eigenvalue weighted by molar-refractivity contribution is -0.150. The van der Waals surface area contributed by atoms with Gasteiger partial charge in [0.25, 0.3) is 0 Å². The minimum absolute atomic E-state index is 0.172. The first-order chi connectivity index (χ1) is 50.5. The lowest BCUT2D eigenvalue weighted by atomic mass is 9.88. The summed E-state index contributed by atoms with van der Waals surface area (Å²) in [6, 6.07) is 4.81. The number of hydrogen-bond donors (Lipinski definition) is 1. The fraction of sp³-hybridized carbons (Fsp3) is 1.00. The third kappa shape index (κ3) is 31.0. The number of nitrogens with one attached hydrogen (secondary N) is 1. The molecule has 14 heterocycles. The van der Waals surface area contributed by atoms with Crippen molar-refractivity contribution in [2.75, 3.05) is 247 Å². The van der Waals surface area contributed by atoms with Crippen LogP contribution in [0.25, 0.3) is 0 Å². The van der Waals surface area contributed by atoms with Gasteiger partial charge >= 0.3 is 12.4 Å². The minimum Gasteiger partial charge on any atom is -0.383 e. The molecule has 14 aliphatic heterocycles. The van der Waals surface area contributed by atoms with Gasteiger partial charge in [-0.2, -0.15) is 26.3 Å². The molecule has 14 aliphatic rings. The molecular weight excluding hydrogens is 1340 g/mol. The molecule has 0 aliphatic carbocycles. The molecule has 14 rings (SSSR count). The molecular formula is C83H159F7N14O. The van der Waals surface area contributed by atoms with Crippen LogP contribution < -0.4 is 5.32 Å². The number of halogens is 7. The molecule has 0 spiro atoms. The van der Waals surface area contributed by atoms with Crippen LogP contribution in [0.1, 0.15) is 193 Å². The monoisotopic (exact) mass is 1500 g/mol. The Morgan fingerprint density at radius 2 is 0.610 bits per heavy atom. The van der Waals surface area contributed by atoms with Gasteiger partial charge in [0.1, 0.15) is 6.67 Å². The van der Waals surface area contributed by atoms with Gasteiger partial charge in [-0.05, 0) is 422 Å². The molecule has 7 atom stereocenters. The van der Waals surface area contributed by atoms with E-state index in [1.54, 1.807) is 12.0 Å². The smallest absolute Gasteiger partial charge is 0.383 e. The van der Waals surface area contributed by atoms with Gasteiger partial charge < -0.3 is 54.2 Å². The SMILES string of the molecule is CCN1CCC[C@H]1C1CCN(C)CC1.CN1CCC(C2CCCN2)CC1.CN1CCC(C2CCCN2C)CC1.CN1CCC([C@@H]2CCCN2CC(F)(F)F)CC1.CN1CCC([C@@H]2CCCN2CCC(F)(F)F)CC1.CN1CCC([C@@H]2CCCN2CCF)CC1.COCCN1CCC[C@H]1C1CCN(C)CC1. The molecule has 616 valence electrons. The van der Waals surface area contributed by atoms with Crippen LogP contribution in [-0.2, 0) is 4.74 Å². The Kier molecular flexibility index (Phi) is 40.0. The van der Waals surface area contributed by atoms with Crippen molar-refractivity contribution in [3.63, 3.8) is 0 Å². The topological polar surface area (TPSA) is 63.4 Å². The molecule has 14 fully saturated rings. The summed E-state index contributed by atoms with van der Waals surface area (Å²) < 4.78 is 91.9. The van der Waals surface area contributed by atoms with E-state index in [9.17, 15) is 30.7 Å². The molecule has 22 heteroatoms. The Hall–Kier alpha value is -1.09. The van der Waals surface area contributed by atoms with E-state index >= 15 is 0 Å². The van der Waals surface area contributed by atoms with Crippen LogP contribution in [0.5, 0.6) is 0 Å². The number of methoxy groups -OCH3 is 1. The zero-order valence-corrected chi connectivity index (χ0v) is 68.8. The van der Waals surface area contributed by atoms with Crippen LogP contribution in [0.4, 0.5) is 30.7 Å². The molecule has 14 saturated heterocycles. The number of likely N-dealkylation sites (tertiary alicyclic amines) is 13. The molecule has 2 unspecified atom stereocenters. The molecule has 0 aromatic heterocycles. The summed E-state index contributed by atoms with van der Waals surface area (Å²) in [5.74, 6) is 5.81. The molecule has 105 heavy (non-hydrogen) atoms. The first-order valence-electron chi connectivity index (χ1n) is 43.6. The van der Waals surface area contributed by atoms with E-state index < -0.39 is 25.3 Å². The highest BCUT2D eigenvalue weighted by Crippen LogP contribution is 2.38. The fourth-order valence-electron chi connectivity index (χ4n) is 21.7. The Bertz CT molecular complexity index is 2230. The van der Waals surface area contributed by atoms with Crippen LogP contribution >= 0.6 is 0 Å². The summed E-state index contributed by atoms with van der Waals surface area (Å²) in [7, 11) is 19.5. The molecule has 0 radical (unpaired) electrons. The fourth-order valence-corrected chi connectivity index (χ4v) is 21.7.